The fourth-order valence-electron chi connectivity index (χ4n) is 1.95. The maximum absolute atomic E-state index is 12.1. The molecule has 1 aromatic heterocycles. The Hall–Kier alpha value is -2.21. The lowest BCUT2D eigenvalue weighted by Crippen LogP contribution is -2.09. The standard InChI is InChI=1S/C14H16ClN3O3/c1-8-10(13(15)18(2)17-8)7-21-14(19)9-5-4-6-11(20-3)12(9)16/h4-6H,7,16H2,1-3H3. The van der Waals surface area contributed by atoms with Crippen LogP contribution in [-0.2, 0) is 18.4 Å². The van der Waals surface area contributed by atoms with Crippen LogP contribution < -0.4 is 10.5 Å². The first-order chi connectivity index (χ1) is 9.95. The van der Waals surface area contributed by atoms with E-state index in [-0.39, 0.29) is 17.9 Å². The second-order valence-corrected chi connectivity index (χ2v) is 4.83. The number of hydrogen-bond donors (Lipinski definition) is 1. The van der Waals surface area contributed by atoms with Crippen molar-refractivity contribution in [3.63, 3.8) is 0 Å². The first-order valence-electron chi connectivity index (χ1n) is 6.23. The summed E-state index contributed by atoms with van der Waals surface area (Å²) in [7, 11) is 3.21. The van der Waals surface area contributed by atoms with Crippen molar-refractivity contribution in [1.82, 2.24) is 9.78 Å². The highest BCUT2D eigenvalue weighted by Crippen LogP contribution is 2.26. The number of rotatable bonds is 4. The molecule has 2 aromatic rings. The molecule has 0 atom stereocenters. The number of halogens is 1. The summed E-state index contributed by atoms with van der Waals surface area (Å²) in [6.45, 7) is 1.84. The van der Waals surface area contributed by atoms with Crippen LogP contribution in [0, 0.1) is 6.92 Å². The number of nitrogens with zero attached hydrogens (tertiary/aromatic N) is 2. The number of esters is 1. The zero-order valence-electron chi connectivity index (χ0n) is 12.0. The van der Waals surface area contributed by atoms with Crippen LogP contribution in [0.5, 0.6) is 5.75 Å². The van der Waals surface area contributed by atoms with Crippen molar-refractivity contribution >= 4 is 23.3 Å². The van der Waals surface area contributed by atoms with Crippen molar-refractivity contribution < 1.29 is 14.3 Å². The van der Waals surface area contributed by atoms with Gasteiger partial charge in [-0.25, -0.2) is 4.79 Å². The fourth-order valence-corrected chi connectivity index (χ4v) is 2.18. The highest BCUT2D eigenvalue weighted by Gasteiger charge is 2.17. The number of aryl methyl sites for hydroxylation is 2. The van der Waals surface area contributed by atoms with E-state index in [0.29, 0.717) is 22.2 Å². The van der Waals surface area contributed by atoms with E-state index in [1.54, 1.807) is 32.2 Å². The van der Waals surface area contributed by atoms with E-state index >= 15 is 0 Å². The molecule has 112 valence electrons. The molecule has 0 spiro atoms. The lowest BCUT2D eigenvalue weighted by Gasteiger charge is -2.10. The first-order valence-corrected chi connectivity index (χ1v) is 6.61. The fraction of sp³-hybridized carbons (Fsp3) is 0.286. The summed E-state index contributed by atoms with van der Waals surface area (Å²) in [5, 5.41) is 4.60. The molecule has 0 amide bonds. The highest BCUT2D eigenvalue weighted by atomic mass is 35.5. The number of carbonyl (C=O) groups excluding carboxylic acids is 1. The second kappa shape index (κ2) is 6.05. The van der Waals surface area contributed by atoms with Crippen LogP contribution in [0.3, 0.4) is 0 Å². The summed E-state index contributed by atoms with van der Waals surface area (Å²) < 4.78 is 11.9. The molecule has 2 rings (SSSR count). The van der Waals surface area contributed by atoms with Crippen molar-refractivity contribution in [2.75, 3.05) is 12.8 Å². The van der Waals surface area contributed by atoms with Crippen LogP contribution in [0.2, 0.25) is 5.15 Å². The van der Waals surface area contributed by atoms with Gasteiger partial charge in [-0.3, -0.25) is 4.68 Å². The minimum Gasteiger partial charge on any atom is -0.495 e. The van der Waals surface area contributed by atoms with E-state index < -0.39 is 5.97 Å². The third-order valence-electron chi connectivity index (χ3n) is 3.12. The maximum Gasteiger partial charge on any atom is 0.340 e. The molecule has 0 saturated heterocycles. The summed E-state index contributed by atoms with van der Waals surface area (Å²) in [6.07, 6.45) is 0. The van der Waals surface area contributed by atoms with E-state index in [4.69, 9.17) is 26.8 Å². The van der Waals surface area contributed by atoms with Gasteiger partial charge in [-0.2, -0.15) is 5.10 Å². The smallest absolute Gasteiger partial charge is 0.340 e. The molecule has 1 aromatic carbocycles. The number of carbonyl (C=O) groups is 1. The Morgan fingerprint density at radius 2 is 2.19 bits per heavy atom. The van der Waals surface area contributed by atoms with Crippen LogP contribution in [0.15, 0.2) is 18.2 Å². The summed E-state index contributed by atoms with van der Waals surface area (Å²) in [5.74, 6) is -0.106. The molecule has 0 saturated carbocycles. The molecule has 0 radical (unpaired) electrons. The first kappa shape index (κ1) is 15.2. The number of aromatic nitrogens is 2. The normalized spacial score (nSPS) is 10.5. The molecule has 0 aliphatic carbocycles. The van der Waals surface area contributed by atoms with Crippen LogP contribution in [0.25, 0.3) is 0 Å². The average Bonchev–Trinajstić information content (AvgIpc) is 2.70. The van der Waals surface area contributed by atoms with Gasteiger partial charge in [0.25, 0.3) is 0 Å². The Morgan fingerprint density at radius 1 is 1.48 bits per heavy atom. The minimum absolute atomic E-state index is 0.0357. The zero-order chi connectivity index (χ0) is 15.6. The van der Waals surface area contributed by atoms with Gasteiger partial charge in [0.1, 0.15) is 17.5 Å². The van der Waals surface area contributed by atoms with E-state index in [2.05, 4.69) is 5.10 Å². The molecular weight excluding hydrogens is 294 g/mol. The van der Waals surface area contributed by atoms with Gasteiger partial charge in [0.15, 0.2) is 0 Å². The van der Waals surface area contributed by atoms with Crippen LogP contribution in [-0.4, -0.2) is 22.9 Å². The van der Waals surface area contributed by atoms with Crippen molar-refractivity contribution in [3.8, 4) is 5.75 Å². The number of benzene rings is 1. The van der Waals surface area contributed by atoms with Crippen LogP contribution in [0.1, 0.15) is 21.6 Å². The third-order valence-corrected chi connectivity index (χ3v) is 3.60. The Kier molecular flexibility index (Phi) is 4.37. The SMILES string of the molecule is COc1cccc(C(=O)OCc2c(C)nn(C)c2Cl)c1N. The Bertz CT molecular complexity index is 682. The van der Waals surface area contributed by atoms with Gasteiger partial charge in [0, 0.05) is 12.6 Å². The monoisotopic (exact) mass is 309 g/mol. The molecule has 2 N–H and O–H groups in total. The Labute approximate surface area is 127 Å². The van der Waals surface area contributed by atoms with Crippen LogP contribution >= 0.6 is 11.6 Å². The van der Waals surface area contributed by atoms with Gasteiger partial charge >= 0.3 is 5.97 Å². The summed E-state index contributed by atoms with van der Waals surface area (Å²) >= 11 is 6.09. The van der Waals surface area contributed by atoms with Crippen molar-refractivity contribution in [2.24, 2.45) is 7.05 Å². The summed E-state index contributed by atoms with van der Waals surface area (Å²) in [5.41, 5.74) is 7.76. The highest BCUT2D eigenvalue weighted by molar-refractivity contribution is 6.30. The zero-order valence-corrected chi connectivity index (χ0v) is 12.8. The van der Waals surface area contributed by atoms with Gasteiger partial charge in [-0.15, -0.1) is 0 Å². The second-order valence-electron chi connectivity index (χ2n) is 4.48. The maximum atomic E-state index is 12.1. The van der Waals surface area contributed by atoms with Crippen molar-refractivity contribution in [3.05, 3.63) is 40.2 Å². The number of ether oxygens (including phenoxy) is 2. The van der Waals surface area contributed by atoms with E-state index in [9.17, 15) is 4.79 Å². The van der Waals surface area contributed by atoms with Crippen LogP contribution in [0.4, 0.5) is 5.69 Å². The molecule has 0 fully saturated rings. The lowest BCUT2D eigenvalue weighted by molar-refractivity contribution is 0.0473. The van der Waals surface area contributed by atoms with Crippen molar-refractivity contribution in [1.29, 1.82) is 0 Å². The molecule has 6 nitrogen and oxygen atoms in total. The lowest BCUT2D eigenvalue weighted by atomic mass is 10.1. The molecule has 0 bridgehead atoms. The number of nitrogens with two attached hydrogens (primary N) is 1. The van der Waals surface area contributed by atoms with Gasteiger partial charge in [-0.1, -0.05) is 17.7 Å². The predicted molar refractivity (Wildman–Crippen MR) is 79.5 cm³/mol. The molecule has 0 aliphatic rings. The molecule has 0 unspecified atom stereocenters. The molecule has 1 heterocycles. The topological polar surface area (TPSA) is 79.4 Å². The number of nitrogen functional groups attached to an aromatic ring is 1. The largest absolute Gasteiger partial charge is 0.495 e. The van der Waals surface area contributed by atoms with E-state index in [1.807, 2.05) is 0 Å². The van der Waals surface area contributed by atoms with Crippen molar-refractivity contribution in [2.45, 2.75) is 13.5 Å². The number of anilines is 1. The average molecular weight is 310 g/mol. The van der Waals surface area contributed by atoms with Gasteiger partial charge in [0.2, 0.25) is 0 Å². The number of methoxy groups -OCH3 is 1. The van der Waals surface area contributed by atoms with Gasteiger partial charge in [0.05, 0.1) is 24.1 Å². The molecule has 0 aliphatic heterocycles. The molecular formula is C14H16ClN3O3. The van der Waals surface area contributed by atoms with E-state index in [1.165, 1.54) is 11.8 Å². The predicted octanol–water partition coefficient (Wildman–Crippen LogP) is 2.33. The van der Waals surface area contributed by atoms with Gasteiger partial charge in [-0.05, 0) is 19.1 Å². The Morgan fingerprint density at radius 3 is 2.76 bits per heavy atom. The third kappa shape index (κ3) is 2.95. The van der Waals surface area contributed by atoms with E-state index in [0.717, 1.165) is 0 Å². The Balaban J connectivity index is 2.16. The minimum atomic E-state index is -0.536. The summed E-state index contributed by atoms with van der Waals surface area (Å²) in [6, 6.07) is 4.93. The number of hydrogen-bond acceptors (Lipinski definition) is 5. The van der Waals surface area contributed by atoms with Gasteiger partial charge < -0.3 is 15.2 Å². The molecule has 21 heavy (non-hydrogen) atoms. The molecule has 7 heteroatoms. The summed E-state index contributed by atoms with van der Waals surface area (Å²) in [4.78, 5) is 12.1. The quantitative estimate of drug-likeness (QED) is 0.692. The number of para-hydroxylation sites is 1.